The summed E-state index contributed by atoms with van der Waals surface area (Å²) in [6, 6.07) is 11.1. The highest BCUT2D eigenvalue weighted by Crippen LogP contribution is 2.36. The van der Waals surface area contributed by atoms with E-state index in [0.717, 1.165) is 33.9 Å². The number of hydrogen-bond donors (Lipinski definition) is 1. The van der Waals surface area contributed by atoms with Gasteiger partial charge < -0.3 is 10.2 Å². The molecule has 10 heteroatoms. The Kier molecular flexibility index (Phi) is 7.19. The Bertz CT molecular complexity index is 1050. The summed E-state index contributed by atoms with van der Waals surface area (Å²) < 4.78 is 39.7. The lowest BCUT2D eigenvalue weighted by Crippen LogP contribution is -2.40. The Morgan fingerprint density at radius 1 is 1.16 bits per heavy atom. The average Bonchev–Trinajstić information content (AvgIpc) is 3.17. The first-order chi connectivity index (χ1) is 14.6. The van der Waals surface area contributed by atoms with Crippen molar-refractivity contribution in [1.29, 1.82) is 0 Å². The Labute approximate surface area is 187 Å². The highest BCUT2D eigenvalue weighted by Gasteiger charge is 2.32. The van der Waals surface area contributed by atoms with Crippen LogP contribution < -0.4 is 10.2 Å². The molecule has 0 fully saturated rings. The standard InChI is InChI=1S/C21H20ClF3N4OS/c1-28(2)10-9-26-19(30)29(17-8-4-6-15(12-17)21(23,24)25)20-27-18(13-31-20)14-5-3-7-16(22)11-14/h3-8,11-13H,9-10H2,1-2H3,(H,26,30). The first kappa shape index (κ1) is 23.1. The predicted molar refractivity (Wildman–Crippen MR) is 118 cm³/mol. The Hall–Kier alpha value is -2.62. The van der Waals surface area contributed by atoms with Crippen molar-refractivity contribution in [1.82, 2.24) is 15.2 Å². The van der Waals surface area contributed by atoms with Gasteiger partial charge in [-0.05, 0) is 44.4 Å². The monoisotopic (exact) mass is 468 g/mol. The third-order valence-electron chi connectivity index (χ3n) is 4.27. The fourth-order valence-corrected chi connectivity index (χ4v) is 3.79. The molecule has 3 rings (SSSR count). The minimum atomic E-state index is -4.53. The molecule has 0 aliphatic carbocycles. The molecule has 0 spiro atoms. The number of likely N-dealkylation sites (N-methyl/N-ethyl adjacent to an activating group) is 1. The van der Waals surface area contributed by atoms with Gasteiger partial charge in [0.2, 0.25) is 0 Å². The number of thiazole rings is 1. The number of amides is 2. The van der Waals surface area contributed by atoms with Crippen LogP contribution in [0.15, 0.2) is 53.9 Å². The normalized spacial score (nSPS) is 11.6. The second-order valence-electron chi connectivity index (χ2n) is 6.94. The molecule has 1 aromatic heterocycles. The molecule has 0 aliphatic heterocycles. The van der Waals surface area contributed by atoms with Crippen LogP contribution in [-0.2, 0) is 6.18 Å². The van der Waals surface area contributed by atoms with E-state index >= 15 is 0 Å². The smallest absolute Gasteiger partial charge is 0.336 e. The quantitative estimate of drug-likeness (QED) is 0.490. The maximum Gasteiger partial charge on any atom is 0.416 e. The van der Waals surface area contributed by atoms with Gasteiger partial charge in [-0.3, -0.25) is 0 Å². The number of hydrogen-bond acceptors (Lipinski definition) is 4. The number of urea groups is 1. The van der Waals surface area contributed by atoms with Crippen molar-refractivity contribution >= 4 is 39.8 Å². The summed E-state index contributed by atoms with van der Waals surface area (Å²) in [4.78, 5) is 20.5. The SMILES string of the molecule is CN(C)CCNC(=O)N(c1cccc(C(F)(F)F)c1)c1nc(-c2cccc(Cl)c2)cs1. The first-order valence-corrected chi connectivity index (χ1v) is 10.5. The van der Waals surface area contributed by atoms with Crippen LogP contribution in [0.1, 0.15) is 5.56 Å². The molecule has 1 heterocycles. The molecule has 0 aliphatic rings. The van der Waals surface area contributed by atoms with E-state index in [1.54, 1.807) is 23.6 Å². The lowest BCUT2D eigenvalue weighted by molar-refractivity contribution is -0.137. The zero-order chi connectivity index (χ0) is 22.6. The van der Waals surface area contributed by atoms with Crippen LogP contribution in [0.2, 0.25) is 5.02 Å². The van der Waals surface area contributed by atoms with Gasteiger partial charge in [-0.25, -0.2) is 14.7 Å². The number of carbonyl (C=O) groups excluding carboxylic acids is 1. The largest absolute Gasteiger partial charge is 0.416 e. The fourth-order valence-electron chi connectivity index (χ4n) is 2.75. The lowest BCUT2D eigenvalue weighted by Gasteiger charge is -2.22. The molecule has 164 valence electrons. The summed E-state index contributed by atoms with van der Waals surface area (Å²) in [5.74, 6) is 0. The van der Waals surface area contributed by atoms with Crippen molar-refractivity contribution in [2.75, 3.05) is 32.1 Å². The van der Waals surface area contributed by atoms with Crippen LogP contribution in [0.4, 0.5) is 28.8 Å². The summed E-state index contributed by atoms with van der Waals surface area (Å²) in [5.41, 5.74) is 0.541. The molecule has 2 aromatic carbocycles. The van der Waals surface area contributed by atoms with Gasteiger partial charge in [-0.15, -0.1) is 11.3 Å². The van der Waals surface area contributed by atoms with Crippen molar-refractivity contribution in [3.05, 3.63) is 64.5 Å². The first-order valence-electron chi connectivity index (χ1n) is 9.26. The topological polar surface area (TPSA) is 48.5 Å². The van der Waals surface area contributed by atoms with E-state index in [2.05, 4.69) is 10.3 Å². The van der Waals surface area contributed by atoms with E-state index in [9.17, 15) is 18.0 Å². The second kappa shape index (κ2) is 9.67. The van der Waals surface area contributed by atoms with Crippen LogP contribution in [0.3, 0.4) is 0 Å². The molecular weight excluding hydrogens is 449 g/mol. The highest BCUT2D eigenvalue weighted by atomic mass is 35.5. The van der Waals surface area contributed by atoms with Gasteiger partial charge in [0.25, 0.3) is 0 Å². The van der Waals surface area contributed by atoms with Gasteiger partial charge >= 0.3 is 12.2 Å². The zero-order valence-corrected chi connectivity index (χ0v) is 18.4. The minimum absolute atomic E-state index is 0.0733. The molecule has 0 bridgehead atoms. The fraction of sp³-hybridized carbons (Fsp3) is 0.238. The molecule has 3 aromatic rings. The van der Waals surface area contributed by atoms with Crippen molar-refractivity contribution in [2.45, 2.75) is 6.18 Å². The van der Waals surface area contributed by atoms with Crippen LogP contribution in [0, 0.1) is 0 Å². The molecule has 31 heavy (non-hydrogen) atoms. The highest BCUT2D eigenvalue weighted by molar-refractivity contribution is 7.14. The number of aromatic nitrogens is 1. The summed E-state index contributed by atoms with van der Waals surface area (Å²) in [6.45, 7) is 0.904. The molecule has 2 amide bonds. The number of carbonyl (C=O) groups is 1. The Morgan fingerprint density at radius 3 is 2.58 bits per heavy atom. The van der Waals surface area contributed by atoms with E-state index in [1.165, 1.54) is 12.1 Å². The molecular formula is C21H20ClF3N4OS. The summed E-state index contributed by atoms with van der Waals surface area (Å²) in [5, 5.41) is 5.25. The molecule has 0 saturated heterocycles. The summed E-state index contributed by atoms with van der Waals surface area (Å²) in [6.07, 6.45) is -4.53. The van der Waals surface area contributed by atoms with Gasteiger partial charge in [-0.2, -0.15) is 13.2 Å². The van der Waals surface area contributed by atoms with Crippen molar-refractivity contribution in [3.8, 4) is 11.3 Å². The number of nitrogens with zero attached hydrogens (tertiary/aromatic N) is 3. The van der Waals surface area contributed by atoms with E-state index in [-0.39, 0.29) is 10.8 Å². The number of alkyl halides is 3. The van der Waals surface area contributed by atoms with E-state index in [1.807, 2.05) is 25.1 Å². The molecule has 5 nitrogen and oxygen atoms in total. The van der Waals surface area contributed by atoms with Gasteiger partial charge in [0.1, 0.15) is 0 Å². The van der Waals surface area contributed by atoms with Crippen LogP contribution >= 0.6 is 22.9 Å². The number of rotatable bonds is 6. The van der Waals surface area contributed by atoms with Gasteiger partial charge in [0, 0.05) is 29.1 Å². The summed E-state index contributed by atoms with van der Waals surface area (Å²) >= 11 is 7.20. The van der Waals surface area contributed by atoms with Crippen molar-refractivity contribution < 1.29 is 18.0 Å². The van der Waals surface area contributed by atoms with Gasteiger partial charge in [0.05, 0.1) is 16.9 Å². The summed E-state index contributed by atoms with van der Waals surface area (Å²) in [7, 11) is 3.71. The molecule has 0 saturated carbocycles. The lowest BCUT2D eigenvalue weighted by atomic mass is 10.2. The predicted octanol–water partition coefficient (Wildman–Crippen LogP) is 5.89. The number of benzene rings is 2. The van der Waals surface area contributed by atoms with Crippen LogP contribution in [-0.4, -0.2) is 43.1 Å². The Balaban J connectivity index is 1.98. The van der Waals surface area contributed by atoms with Crippen LogP contribution in [0.5, 0.6) is 0 Å². The molecule has 0 atom stereocenters. The van der Waals surface area contributed by atoms with Crippen molar-refractivity contribution in [2.24, 2.45) is 0 Å². The molecule has 1 N–H and O–H groups in total. The third kappa shape index (κ3) is 5.96. The third-order valence-corrected chi connectivity index (χ3v) is 5.33. The number of anilines is 2. The van der Waals surface area contributed by atoms with E-state index in [4.69, 9.17) is 11.6 Å². The maximum absolute atomic E-state index is 13.2. The maximum atomic E-state index is 13.2. The second-order valence-corrected chi connectivity index (χ2v) is 8.22. The van der Waals surface area contributed by atoms with Gasteiger partial charge in [0.15, 0.2) is 5.13 Å². The van der Waals surface area contributed by atoms with E-state index in [0.29, 0.717) is 23.8 Å². The van der Waals surface area contributed by atoms with Crippen LogP contribution in [0.25, 0.3) is 11.3 Å². The average molecular weight is 469 g/mol. The molecule has 0 radical (unpaired) electrons. The zero-order valence-electron chi connectivity index (χ0n) is 16.8. The van der Waals surface area contributed by atoms with Gasteiger partial charge in [-0.1, -0.05) is 29.8 Å². The van der Waals surface area contributed by atoms with E-state index < -0.39 is 17.8 Å². The minimum Gasteiger partial charge on any atom is -0.336 e. The number of nitrogens with one attached hydrogen (secondary N) is 1. The number of halogens is 4. The Morgan fingerprint density at radius 2 is 1.90 bits per heavy atom. The molecule has 0 unspecified atom stereocenters. The van der Waals surface area contributed by atoms with Crippen molar-refractivity contribution in [3.63, 3.8) is 0 Å².